The Kier molecular flexibility index (Phi) is 7.08. The Hall–Kier alpha value is -2.91. The normalized spacial score (nSPS) is 27.5. The van der Waals surface area contributed by atoms with Crippen LogP contribution in [0.3, 0.4) is 0 Å². The second kappa shape index (κ2) is 10.7. The van der Waals surface area contributed by atoms with Crippen LogP contribution >= 0.6 is 0 Å². The zero-order chi connectivity index (χ0) is 29.2. The van der Waals surface area contributed by atoms with Gasteiger partial charge in [-0.3, -0.25) is 9.88 Å². The summed E-state index contributed by atoms with van der Waals surface area (Å²) < 4.78 is 37.6. The minimum atomic E-state index is -0.847. The van der Waals surface area contributed by atoms with E-state index in [0.717, 1.165) is 62.0 Å². The van der Waals surface area contributed by atoms with Crippen molar-refractivity contribution < 1.29 is 13.5 Å². The number of halogens is 2. The van der Waals surface area contributed by atoms with Gasteiger partial charge in [-0.25, -0.2) is 8.78 Å². The topological polar surface area (TPSA) is 66.4 Å². The van der Waals surface area contributed by atoms with Crippen molar-refractivity contribution in [3.05, 3.63) is 41.3 Å². The predicted molar refractivity (Wildman–Crippen MR) is 162 cm³/mol. The number of rotatable bonds is 7. The average Bonchev–Trinajstić information content (AvgIpc) is 3.61. The lowest BCUT2D eigenvalue weighted by Crippen LogP contribution is -2.51. The Balaban J connectivity index is 1.35. The fraction of sp³-hybridized carbons (Fsp3) is 0.606. The Morgan fingerprint density at radius 1 is 1.05 bits per heavy atom. The average molecular weight is 577 g/mol. The molecule has 2 unspecified atom stereocenters. The van der Waals surface area contributed by atoms with Gasteiger partial charge in [-0.15, -0.1) is 0 Å². The molecule has 6 heterocycles. The molecule has 0 radical (unpaired) electrons. The second-order valence-corrected chi connectivity index (χ2v) is 13.5. The molecule has 4 aliphatic heterocycles. The molecule has 4 aliphatic rings. The number of benzene rings is 1. The summed E-state index contributed by atoms with van der Waals surface area (Å²) >= 11 is 0. The lowest BCUT2D eigenvalue weighted by atomic mass is 9.86. The van der Waals surface area contributed by atoms with E-state index in [1.54, 1.807) is 6.20 Å². The van der Waals surface area contributed by atoms with E-state index in [-0.39, 0.29) is 28.9 Å². The molecule has 1 N–H and O–H groups in total. The maximum Gasteiger partial charge on any atom is 0.319 e. The Labute approximate surface area is 247 Å². The van der Waals surface area contributed by atoms with Crippen molar-refractivity contribution in [2.45, 2.75) is 95.4 Å². The monoisotopic (exact) mass is 576 g/mol. The minimum absolute atomic E-state index is 0.157. The summed E-state index contributed by atoms with van der Waals surface area (Å²) in [6.45, 7) is 11.7. The second-order valence-electron chi connectivity index (χ2n) is 13.5. The molecule has 7 nitrogen and oxygen atoms in total. The zero-order valence-electron chi connectivity index (χ0n) is 25.2. The van der Waals surface area contributed by atoms with Crippen LogP contribution in [0.5, 0.6) is 6.01 Å². The number of alkyl halides is 1. The SMILES string of the molecule is CC(C)c1cccc(C(C)C)c1-c1ncc2c(N3C[C@H]4CC[C@@H](C3)N4)nc(OCC34CCCN3CC(F)C4)nc2c1F. The van der Waals surface area contributed by atoms with Crippen LogP contribution in [0.4, 0.5) is 14.6 Å². The third-order valence-electron chi connectivity index (χ3n) is 10.0. The lowest BCUT2D eigenvalue weighted by Gasteiger charge is -2.34. The third kappa shape index (κ3) is 4.73. The van der Waals surface area contributed by atoms with Crippen LogP contribution in [0.1, 0.15) is 82.8 Å². The molecule has 2 bridgehead atoms. The van der Waals surface area contributed by atoms with Gasteiger partial charge in [0.05, 0.1) is 10.9 Å². The van der Waals surface area contributed by atoms with E-state index >= 15 is 4.39 Å². The van der Waals surface area contributed by atoms with E-state index in [9.17, 15) is 4.39 Å². The van der Waals surface area contributed by atoms with E-state index in [1.165, 1.54) is 0 Å². The van der Waals surface area contributed by atoms with E-state index in [1.807, 2.05) is 0 Å². The number of piperazine rings is 1. The van der Waals surface area contributed by atoms with E-state index < -0.39 is 12.0 Å². The fourth-order valence-electron chi connectivity index (χ4n) is 7.94. The van der Waals surface area contributed by atoms with Gasteiger partial charge in [-0.1, -0.05) is 45.9 Å². The number of hydrogen-bond acceptors (Lipinski definition) is 7. The maximum atomic E-state index is 16.8. The highest BCUT2D eigenvalue weighted by atomic mass is 19.1. The van der Waals surface area contributed by atoms with Gasteiger partial charge in [0, 0.05) is 49.9 Å². The molecule has 4 saturated heterocycles. The van der Waals surface area contributed by atoms with Crippen LogP contribution in [-0.2, 0) is 0 Å². The summed E-state index contributed by atoms with van der Waals surface area (Å²) in [7, 11) is 0. The molecule has 42 heavy (non-hydrogen) atoms. The number of nitrogens with zero attached hydrogens (tertiary/aromatic N) is 5. The molecule has 4 fully saturated rings. The molecule has 9 heteroatoms. The molecule has 3 aromatic rings. The molecule has 7 rings (SSSR count). The van der Waals surface area contributed by atoms with Crippen molar-refractivity contribution >= 4 is 16.7 Å². The largest absolute Gasteiger partial charge is 0.461 e. The predicted octanol–water partition coefficient (Wildman–Crippen LogP) is 5.97. The number of ether oxygens (including phenoxy) is 1. The van der Waals surface area contributed by atoms with Crippen LogP contribution in [0.2, 0.25) is 0 Å². The molecule has 224 valence electrons. The van der Waals surface area contributed by atoms with Gasteiger partial charge in [0.25, 0.3) is 0 Å². The van der Waals surface area contributed by atoms with Crippen LogP contribution in [0.25, 0.3) is 22.2 Å². The number of aromatic nitrogens is 3. The summed E-state index contributed by atoms with van der Waals surface area (Å²) in [6, 6.07) is 7.11. The number of pyridine rings is 1. The summed E-state index contributed by atoms with van der Waals surface area (Å²) in [5.41, 5.74) is 3.21. The molecule has 4 atom stereocenters. The van der Waals surface area contributed by atoms with Crippen LogP contribution in [0, 0.1) is 5.82 Å². The first-order chi connectivity index (χ1) is 20.2. The first-order valence-electron chi connectivity index (χ1n) is 15.7. The molecule has 0 saturated carbocycles. The molecule has 0 amide bonds. The number of nitrogens with one attached hydrogen (secondary N) is 1. The minimum Gasteiger partial charge on any atom is -0.461 e. The molecule has 2 aromatic heterocycles. The quantitative estimate of drug-likeness (QED) is 0.372. The molecule has 0 spiro atoms. The summed E-state index contributed by atoms with van der Waals surface area (Å²) in [6.07, 6.45) is 5.53. The van der Waals surface area contributed by atoms with Gasteiger partial charge in [-0.2, -0.15) is 9.97 Å². The Bertz CT molecular complexity index is 1460. The maximum absolute atomic E-state index is 16.8. The van der Waals surface area contributed by atoms with Crippen molar-refractivity contribution in [1.29, 1.82) is 0 Å². The highest BCUT2D eigenvalue weighted by Crippen LogP contribution is 2.42. The van der Waals surface area contributed by atoms with Crippen molar-refractivity contribution in [2.75, 3.05) is 37.7 Å². The van der Waals surface area contributed by atoms with Crippen LogP contribution < -0.4 is 15.0 Å². The van der Waals surface area contributed by atoms with Crippen LogP contribution in [-0.4, -0.2) is 76.4 Å². The molecular formula is C33H42F2N6O. The van der Waals surface area contributed by atoms with Crippen molar-refractivity contribution in [3.63, 3.8) is 0 Å². The van der Waals surface area contributed by atoms with Crippen molar-refractivity contribution in [3.8, 4) is 17.3 Å². The lowest BCUT2D eigenvalue weighted by molar-refractivity contribution is 0.107. The summed E-state index contributed by atoms with van der Waals surface area (Å²) in [5, 5.41) is 4.27. The number of anilines is 1. The van der Waals surface area contributed by atoms with E-state index in [4.69, 9.17) is 19.7 Å². The smallest absolute Gasteiger partial charge is 0.319 e. The molecular weight excluding hydrogens is 534 g/mol. The van der Waals surface area contributed by atoms with Gasteiger partial charge < -0.3 is 15.0 Å². The van der Waals surface area contributed by atoms with Crippen molar-refractivity contribution in [2.24, 2.45) is 0 Å². The fourth-order valence-corrected chi connectivity index (χ4v) is 7.94. The van der Waals surface area contributed by atoms with Crippen molar-refractivity contribution in [1.82, 2.24) is 25.2 Å². The Morgan fingerprint density at radius 3 is 2.45 bits per heavy atom. The highest BCUT2D eigenvalue weighted by Gasteiger charge is 2.49. The van der Waals surface area contributed by atoms with Gasteiger partial charge in [0.2, 0.25) is 0 Å². The van der Waals surface area contributed by atoms with Gasteiger partial charge in [-0.05, 0) is 55.2 Å². The van der Waals surface area contributed by atoms with E-state index in [2.05, 4.69) is 61.0 Å². The summed E-state index contributed by atoms with van der Waals surface area (Å²) in [5.74, 6) is 0.625. The number of hydrogen-bond donors (Lipinski definition) is 1. The Morgan fingerprint density at radius 2 is 1.76 bits per heavy atom. The highest BCUT2D eigenvalue weighted by molar-refractivity contribution is 5.92. The standard InChI is InChI=1S/C33H42F2N6O/c1-19(2)24-7-5-8-25(20(3)4)27(24)30-28(35)29-26(14-36-30)31(40-16-22-9-10-23(17-40)37-22)39-32(38-29)42-18-33-11-6-12-41(33)15-21(34)13-33/h5,7-8,14,19-23,37H,6,9-13,15-18H2,1-4H3/t21?,22-,23+,33?. The zero-order valence-corrected chi connectivity index (χ0v) is 25.2. The van der Waals surface area contributed by atoms with Gasteiger partial charge in [0.15, 0.2) is 5.82 Å². The first kappa shape index (κ1) is 27.9. The third-order valence-corrected chi connectivity index (χ3v) is 10.0. The summed E-state index contributed by atoms with van der Waals surface area (Å²) in [4.78, 5) is 18.8. The first-order valence-corrected chi connectivity index (χ1v) is 15.7. The molecule has 0 aliphatic carbocycles. The van der Waals surface area contributed by atoms with Gasteiger partial charge >= 0.3 is 6.01 Å². The number of fused-ring (bicyclic) bond motifs is 4. The van der Waals surface area contributed by atoms with Crippen LogP contribution in [0.15, 0.2) is 24.4 Å². The van der Waals surface area contributed by atoms with Gasteiger partial charge in [0.1, 0.15) is 29.8 Å². The molecule has 1 aromatic carbocycles. The van der Waals surface area contributed by atoms with E-state index in [0.29, 0.717) is 48.6 Å².